The van der Waals surface area contributed by atoms with Crippen LogP contribution in [-0.2, 0) is 21.9 Å². The molecule has 0 heterocycles. The summed E-state index contributed by atoms with van der Waals surface area (Å²) in [4.78, 5) is 26.9. The van der Waals surface area contributed by atoms with Crippen LogP contribution in [0.5, 0.6) is 0 Å². The Balaban J connectivity index is 2.08. The van der Waals surface area contributed by atoms with Gasteiger partial charge in [-0.2, -0.15) is 0 Å². The molecule has 2 aromatic carbocycles. The highest BCUT2D eigenvalue weighted by molar-refractivity contribution is 7.99. The minimum atomic E-state index is -0.595. The maximum atomic E-state index is 13.0. The van der Waals surface area contributed by atoms with Crippen molar-refractivity contribution in [3.8, 4) is 0 Å². The lowest BCUT2D eigenvalue weighted by Crippen LogP contribution is -2.48. The summed E-state index contributed by atoms with van der Waals surface area (Å²) in [6.07, 6.45) is 0. The standard InChI is InChI=1S/C21H23Cl3N2O2S/c1-3-25-21(28)14(2)26(11-15-7-9-16(22)10-8-15)20(27)13-29-12-17-18(23)5-4-6-19(17)24/h4-10,14H,3,11-13H2,1-2H3,(H,25,28)/t14-/m1/s1. The molecule has 0 spiro atoms. The number of rotatable bonds is 9. The molecule has 4 nitrogen and oxygen atoms in total. The Morgan fingerprint density at radius 1 is 1.07 bits per heavy atom. The summed E-state index contributed by atoms with van der Waals surface area (Å²) in [6, 6.07) is 12.0. The molecule has 0 saturated carbocycles. The number of carbonyl (C=O) groups is 2. The zero-order valence-corrected chi connectivity index (χ0v) is 19.3. The van der Waals surface area contributed by atoms with Crippen molar-refractivity contribution in [1.29, 1.82) is 0 Å². The van der Waals surface area contributed by atoms with E-state index in [-0.39, 0.29) is 17.6 Å². The van der Waals surface area contributed by atoms with Crippen LogP contribution in [0.2, 0.25) is 15.1 Å². The van der Waals surface area contributed by atoms with E-state index in [4.69, 9.17) is 34.8 Å². The van der Waals surface area contributed by atoms with Crippen molar-refractivity contribution in [3.63, 3.8) is 0 Å². The van der Waals surface area contributed by atoms with E-state index in [0.29, 0.717) is 33.9 Å². The van der Waals surface area contributed by atoms with Crippen LogP contribution in [0.4, 0.5) is 0 Å². The van der Waals surface area contributed by atoms with Crippen LogP contribution in [0.1, 0.15) is 25.0 Å². The summed E-state index contributed by atoms with van der Waals surface area (Å²) in [7, 11) is 0. The number of nitrogens with one attached hydrogen (secondary N) is 1. The van der Waals surface area contributed by atoms with Crippen molar-refractivity contribution in [2.45, 2.75) is 32.2 Å². The quantitative estimate of drug-likeness (QED) is 0.528. The highest BCUT2D eigenvalue weighted by Crippen LogP contribution is 2.28. The summed E-state index contributed by atoms with van der Waals surface area (Å²) in [6.45, 7) is 4.40. The topological polar surface area (TPSA) is 49.4 Å². The fraction of sp³-hybridized carbons (Fsp3) is 0.333. The van der Waals surface area contributed by atoms with E-state index >= 15 is 0 Å². The Bertz CT molecular complexity index is 826. The number of nitrogens with zero attached hydrogens (tertiary/aromatic N) is 1. The van der Waals surface area contributed by atoms with Gasteiger partial charge in [-0.1, -0.05) is 53.0 Å². The molecule has 8 heteroatoms. The molecule has 1 N–H and O–H groups in total. The third-order valence-electron chi connectivity index (χ3n) is 4.32. The summed E-state index contributed by atoms with van der Waals surface area (Å²) < 4.78 is 0. The van der Waals surface area contributed by atoms with Gasteiger partial charge in [-0.25, -0.2) is 0 Å². The molecule has 0 radical (unpaired) electrons. The van der Waals surface area contributed by atoms with Crippen LogP contribution < -0.4 is 5.32 Å². The Morgan fingerprint density at radius 3 is 2.28 bits per heavy atom. The molecule has 2 amide bonds. The van der Waals surface area contributed by atoms with Crippen LogP contribution in [0.15, 0.2) is 42.5 Å². The van der Waals surface area contributed by atoms with Gasteiger partial charge in [0, 0.05) is 33.9 Å². The molecular formula is C21H23Cl3N2O2S. The monoisotopic (exact) mass is 472 g/mol. The third-order valence-corrected chi connectivity index (χ3v) is 6.22. The third kappa shape index (κ3) is 7.10. The Kier molecular flexibility index (Phi) is 9.63. The maximum Gasteiger partial charge on any atom is 0.242 e. The smallest absolute Gasteiger partial charge is 0.242 e. The van der Waals surface area contributed by atoms with Crippen molar-refractivity contribution in [2.24, 2.45) is 0 Å². The molecule has 29 heavy (non-hydrogen) atoms. The largest absolute Gasteiger partial charge is 0.355 e. The maximum absolute atomic E-state index is 13.0. The molecule has 0 unspecified atom stereocenters. The molecule has 0 aliphatic rings. The number of benzene rings is 2. The Morgan fingerprint density at radius 2 is 1.69 bits per heavy atom. The fourth-order valence-electron chi connectivity index (χ4n) is 2.68. The molecule has 0 saturated heterocycles. The first-order chi connectivity index (χ1) is 13.8. The predicted octanol–water partition coefficient (Wildman–Crippen LogP) is 5.43. The SMILES string of the molecule is CCNC(=O)[C@@H](C)N(Cc1ccc(Cl)cc1)C(=O)CSCc1c(Cl)cccc1Cl. The first kappa shape index (κ1) is 23.9. The molecule has 2 rings (SSSR count). The zero-order valence-electron chi connectivity index (χ0n) is 16.3. The van der Waals surface area contributed by atoms with Gasteiger partial charge in [0.2, 0.25) is 11.8 Å². The Labute approximate surface area is 190 Å². The second-order valence-electron chi connectivity index (χ2n) is 6.41. The van der Waals surface area contributed by atoms with E-state index in [1.165, 1.54) is 11.8 Å². The van der Waals surface area contributed by atoms with E-state index in [9.17, 15) is 9.59 Å². The van der Waals surface area contributed by atoms with Gasteiger partial charge in [0.25, 0.3) is 0 Å². The highest BCUT2D eigenvalue weighted by atomic mass is 35.5. The number of carbonyl (C=O) groups excluding carboxylic acids is 2. The van der Waals surface area contributed by atoms with Crippen molar-refractivity contribution < 1.29 is 9.59 Å². The van der Waals surface area contributed by atoms with Gasteiger partial charge in [0.1, 0.15) is 6.04 Å². The van der Waals surface area contributed by atoms with Gasteiger partial charge in [-0.3, -0.25) is 9.59 Å². The van der Waals surface area contributed by atoms with E-state index in [0.717, 1.165) is 11.1 Å². The number of likely N-dealkylation sites (N-methyl/N-ethyl adjacent to an activating group) is 1. The summed E-state index contributed by atoms with van der Waals surface area (Å²) in [5.74, 6) is 0.397. The fourth-order valence-corrected chi connectivity index (χ4v) is 4.46. The second kappa shape index (κ2) is 11.7. The van der Waals surface area contributed by atoms with Crippen LogP contribution in [-0.4, -0.2) is 35.1 Å². The summed E-state index contributed by atoms with van der Waals surface area (Å²) >= 11 is 19.8. The minimum absolute atomic E-state index is 0.133. The van der Waals surface area contributed by atoms with E-state index in [1.54, 1.807) is 42.2 Å². The van der Waals surface area contributed by atoms with Crippen molar-refractivity contribution in [3.05, 3.63) is 68.7 Å². The molecule has 0 aromatic heterocycles. The molecule has 0 aliphatic carbocycles. The van der Waals surface area contributed by atoms with Crippen LogP contribution in [0, 0.1) is 0 Å². The first-order valence-corrected chi connectivity index (χ1v) is 11.4. The highest BCUT2D eigenvalue weighted by Gasteiger charge is 2.25. The normalized spacial score (nSPS) is 11.8. The van der Waals surface area contributed by atoms with Gasteiger partial charge in [-0.05, 0) is 49.2 Å². The number of hydrogen-bond acceptors (Lipinski definition) is 3. The van der Waals surface area contributed by atoms with Crippen LogP contribution in [0.25, 0.3) is 0 Å². The molecule has 1 atom stereocenters. The van der Waals surface area contributed by atoms with Crippen LogP contribution in [0.3, 0.4) is 0 Å². The average molecular weight is 474 g/mol. The molecule has 0 fully saturated rings. The van der Waals surface area contributed by atoms with Gasteiger partial charge in [0.15, 0.2) is 0 Å². The lowest BCUT2D eigenvalue weighted by atomic mass is 10.1. The van der Waals surface area contributed by atoms with E-state index in [2.05, 4.69) is 5.32 Å². The van der Waals surface area contributed by atoms with Gasteiger partial charge < -0.3 is 10.2 Å². The number of hydrogen-bond donors (Lipinski definition) is 1. The van der Waals surface area contributed by atoms with Crippen LogP contribution >= 0.6 is 46.6 Å². The Hall–Kier alpha value is -1.40. The molecule has 2 aromatic rings. The molecule has 0 bridgehead atoms. The van der Waals surface area contributed by atoms with Crippen molar-refractivity contribution >= 4 is 58.4 Å². The lowest BCUT2D eigenvalue weighted by Gasteiger charge is -2.28. The van der Waals surface area contributed by atoms with E-state index < -0.39 is 6.04 Å². The number of thioether (sulfide) groups is 1. The second-order valence-corrected chi connectivity index (χ2v) is 8.65. The minimum Gasteiger partial charge on any atom is -0.355 e. The number of halogens is 3. The molecular weight excluding hydrogens is 451 g/mol. The zero-order chi connectivity index (χ0) is 21.4. The number of amides is 2. The lowest BCUT2D eigenvalue weighted by molar-refractivity contribution is -0.138. The van der Waals surface area contributed by atoms with Crippen molar-refractivity contribution in [1.82, 2.24) is 10.2 Å². The predicted molar refractivity (Wildman–Crippen MR) is 123 cm³/mol. The van der Waals surface area contributed by atoms with Gasteiger partial charge in [-0.15, -0.1) is 11.8 Å². The van der Waals surface area contributed by atoms with E-state index in [1.807, 2.05) is 19.1 Å². The van der Waals surface area contributed by atoms with Crippen molar-refractivity contribution in [2.75, 3.05) is 12.3 Å². The van der Waals surface area contributed by atoms with Gasteiger partial charge in [0.05, 0.1) is 5.75 Å². The molecule has 0 aliphatic heterocycles. The first-order valence-electron chi connectivity index (χ1n) is 9.15. The molecule has 156 valence electrons. The summed E-state index contributed by atoms with van der Waals surface area (Å²) in [5, 5.41) is 4.55. The summed E-state index contributed by atoms with van der Waals surface area (Å²) in [5.41, 5.74) is 1.70. The average Bonchev–Trinajstić information content (AvgIpc) is 2.69. The van der Waals surface area contributed by atoms with Gasteiger partial charge >= 0.3 is 0 Å².